The predicted octanol–water partition coefficient (Wildman–Crippen LogP) is 3.80. The molecule has 6 nitrogen and oxygen atoms in total. The molecule has 2 aliphatic rings. The number of guanidine groups is 1. The SMILES string of the molecule is CCOC1CC(NC(=NC)NCc2ccc(C(=O)N(C)C)cc2)C12CCCCC2.I. The Morgan fingerprint density at radius 1 is 1.20 bits per heavy atom. The molecular formula is C23H37IN4O2. The van der Waals surface area contributed by atoms with Gasteiger partial charge in [0.05, 0.1) is 6.10 Å². The molecular weight excluding hydrogens is 491 g/mol. The highest BCUT2D eigenvalue weighted by molar-refractivity contribution is 14.0. The minimum absolute atomic E-state index is 0. The van der Waals surface area contributed by atoms with E-state index in [0.29, 0.717) is 24.3 Å². The number of benzene rings is 1. The van der Waals surface area contributed by atoms with Crippen LogP contribution in [-0.2, 0) is 11.3 Å². The summed E-state index contributed by atoms with van der Waals surface area (Å²) in [5, 5.41) is 7.09. The number of carbonyl (C=O) groups is 1. The molecule has 2 saturated carbocycles. The fourth-order valence-electron chi connectivity index (χ4n) is 4.83. The lowest BCUT2D eigenvalue weighted by atomic mass is 9.55. The molecule has 2 unspecified atom stereocenters. The van der Waals surface area contributed by atoms with Gasteiger partial charge in [-0.05, 0) is 43.9 Å². The summed E-state index contributed by atoms with van der Waals surface area (Å²) in [6.45, 7) is 3.55. The molecule has 3 rings (SSSR count). The van der Waals surface area contributed by atoms with Crippen LogP contribution in [0, 0.1) is 5.41 Å². The first-order valence-corrected chi connectivity index (χ1v) is 10.9. The van der Waals surface area contributed by atoms with Gasteiger partial charge in [0.2, 0.25) is 0 Å². The van der Waals surface area contributed by atoms with Crippen LogP contribution in [0.4, 0.5) is 0 Å². The van der Waals surface area contributed by atoms with Gasteiger partial charge in [-0.25, -0.2) is 0 Å². The number of hydrogen-bond acceptors (Lipinski definition) is 3. The Morgan fingerprint density at radius 2 is 1.87 bits per heavy atom. The van der Waals surface area contributed by atoms with E-state index in [1.165, 1.54) is 32.1 Å². The number of halogens is 1. The smallest absolute Gasteiger partial charge is 0.253 e. The second-order valence-electron chi connectivity index (χ2n) is 8.49. The molecule has 0 bridgehead atoms. The van der Waals surface area contributed by atoms with Crippen molar-refractivity contribution < 1.29 is 9.53 Å². The molecule has 0 aromatic heterocycles. The van der Waals surface area contributed by atoms with Crippen LogP contribution in [0.15, 0.2) is 29.3 Å². The van der Waals surface area contributed by atoms with Crippen molar-refractivity contribution in [2.75, 3.05) is 27.7 Å². The fraction of sp³-hybridized carbons (Fsp3) is 0.652. The number of nitrogens with zero attached hydrogens (tertiary/aromatic N) is 2. The van der Waals surface area contributed by atoms with E-state index in [4.69, 9.17) is 4.74 Å². The first kappa shape index (κ1) is 24.9. The third-order valence-electron chi connectivity index (χ3n) is 6.54. The first-order chi connectivity index (χ1) is 14.0. The molecule has 2 N–H and O–H groups in total. The van der Waals surface area contributed by atoms with E-state index in [2.05, 4.69) is 22.5 Å². The maximum atomic E-state index is 12.0. The second-order valence-corrected chi connectivity index (χ2v) is 8.49. The van der Waals surface area contributed by atoms with Gasteiger partial charge in [-0.2, -0.15) is 0 Å². The Morgan fingerprint density at radius 3 is 2.43 bits per heavy atom. The summed E-state index contributed by atoms with van der Waals surface area (Å²) in [5.74, 6) is 0.858. The average Bonchev–Trinajstić information content (AvgIpc) is 2.75. The van der Waals surface area contributed by atoms with Crippen LogP contribution in [0.2, 0.25) is 0 Å². The first-order valence-electron chi connectivity index (χ1n) is 10.9. The van der Waals surface area contributed by atoms with Crippen LogP contribution in [0.3, 0.4) is 0 Å². The summed E-state index contributed by atoms with van der Waals surface area (Å²) in [6, 6.07) is 8.17. The second kappa shape index (κ2) is 11.3. The van der Waals surface area contributed by atoms with E-state index in [-0.39, 0.29) is 35.3 Å². The highest BCUT2D eigenvalue weighted by atomic mass is 127. The quantitative estimate of drug-likeness (QED) is 0.335. The zero-order valence-corrected chi connectivity index (χ0v) is 21.1. The minimum atomic E-state index is 0. The van der Waals surface area contributed by atoms with Gasteiger partial charge in [0.1, 0.15) is 0 Å². The molecule has 30 heavy (non-hydrogen) atoms. The van der Waals surface area contributed by atoms with Crippen LogP contribution in [-0.4, -0.2) is 56.7 Å². The molecule has 168 valence electrons. The van der Waals surface area contributed by atoms with Crippen molar-refractivity contribution >= 4 is 35.8 Å². The van der Waals surface area contributed by atoms with Gasteiger partial charge >= 0.3 is 0 Å². The number of aliphatic imine (C=N–C) groups is 1. The van der Waals surface area contributed by atoms with E-state index in [0.717, 1.165) is 24.6 Å². The van der Waals surface area contributed by atoms with E-state index in [1.807, 2.05) is 31.3 Å². The molecule has 1 spiro atoms. The summed E-state index contributed by atoms with van der Waals surface area (Å²) < 4.78 is 6.06. The van der Waals surface area contributed by atoms with Crippen molar-refractivity contribution in [1.29, 1.82) is 0 Å². The van der Waals surface area contributed by atoms with Crippen molar-refractivity contribution in [2.24, 2.45) is 10.4 Å². The zero-order chi connectivity index (χ0) is 20.9. The number of amides is 1. The van der Waals surface area contributed by atoms with Crippen LogP contribution in [0.1, 0.15) is 61.4 Å². The van der Waals surface area contributed by atoms with Crippen LogP contribution in [0.5, 0.6) is 0 Å². The number of carbonyl (C=O) groups excluding carboxylic acids is 1. The fourth-order valence-corrected chi connectivity index (χ4v) is 4.83. The normalized spacial score (nSPS) is 22.6. The molecule has 1 amide bonds. The highest BCUT2D eigenvalue weighted by Gasteiger charge is 2.55. The standard InChI is InChI=1S/C23H36N4O2.HI/c1-5-29-20-15-19(23(20)13-7-6-8-14-23)26-22(24-2)25-16-17-9-11-18(12-10-17)21(28)27(3)4;/h9-12,19-20H,5-8,13-16H2,1-4H3,(H2,24,25,26);1H. The lowest BCUT2D eigenvalue weighted by Gasteiger charge is -2.57. The highest BCUT2D eigenvalue weighted by Crippen LogP contribution is 2.53. The summed E-state index contributed by atoms with van der Waals surface area (Å²) in [7, 11) is 5.35. The van der Waals surface area contributed by atoms with Crippen molar-refractivity contribution in [3.8, 4) is 0 Å². The molecule has 0 aliphatic heterocycles. The number of ether oxygens (including phenoxy) is 1. The molecule has 1 aromatic carbocycles. The Balaban J connectivity index is 0.00000320. The van der Waals surface area contributed by atoms with E-state index < -0.39 is 0 Å². The molecule has 2 aliphatic carbocycles. The molecule has 0 heterocycles. The monoisotopic (exact) mass is 528 g/mol. The zero-order valence-electron chi connectivity index (χ0n) is 18.7. The van der Waals surface area contributed by atoms with E-state index >= 15 is 0 Å². The predicted molar refractivity (Wildman–Crippen MR) is 133 cm³/mol. The van der Waals surface area contributed by atoms with Gasteiger partial charge in [-0.3, -0.25) is 9.79 Å². The minimum Gasteiger partial charge on any atom is -0.378 e. The van der Waals surface area contributed by atoms with E-state index in [9.17, 15) is 4.79 Å². The van der Waals surface area contributed by atoms with Gasteiger partial charge in [0.15, 0.2) is 5.96 Å². The van der Waals surface area contributed by atoms with Crippen LogP contribution >= 0.6 is 24.0 Å². The molecule has 7 heteroatoms. The van der Waals surface area contributed by atoms with Crippen molar-refractivity contribution in [3.05, 3.63) is 35.4 Å². The molecule has 0 saturated heterocycles. The maximum absolute atomic E-state index is 12.0. The van der Waals surface area contributed by atoms with Crippen LogP contribution < -0.4 is 10.6 Å². The van der Waals surface area contributed by atoms with Gasteiger partial charge < -0.3 is 20.3 Å². The third kappa shape index (κ3) is 5.46. The number of nitrogens with one attached hydrogen (secondary N) is 2. The Kier molecular flexibility index (Phi) is 9.40. The summed E-state index contributed by atoms with van der Waals surface area (Å²) in [5.41, 5.74) is 2.09. The Labute approximate surface area is 198 Å². The van der Waals surface area contributed by atoms with E-state index in [1.54, 1.807) is 19.0 Å². The van der Waals surface area contributed by atoms with Gasteiger partial charge in [-0.15, -0.1) is 24.0 Å². The number of rotatable bonds is 6. The molecule has 2 fully saturated rings. The summed E-state index contributed by atoms with van der Waals surface area (Å²) >= 11 is 0. The van der Waals surface area contributed by atoms with Gasteiger partial charge in [0, 0.05) is 51.3 Å². The van der Waals surface area contributed by atoms with Gasteiger partial charge in [0.25, 0.3) is 5.91 Å². The Hall–Kier alpha value is -1.35. The molecule has 2 atom stereocenters. The van der Waals surface area contributed by atoms with Crippen LogP contribution in [0.25, 0.3) is 0 Å². The van der Waals surface area contributed by atoms with Crippen molar-refractivity contribution in [3.63, 3.8) is 0 Å². The molecule has 0 radical (unpaired) electrons. The van der Waals surface area contributed by atoms with Gasteiger partial charge in [-0.1, -0.05) is 31.4 Å². The topological polar surface area (TPSA) is 66.0 Å². The van der Waals surface area contributed by atoms with Crippen molar-refractivity contribution in [1.82, 2.24) is 15.5 Å². The molecule has 1 aromatic rings. The summed E-state index contributed by atoms with van der Waals surface area (Å²) in [4.78, 5) is 18.0. The lowest BCUT2D eigenvalue weighted by molar-refractivity contribution is -0.145. The largest absolute Gasteiger partial charge is 0.378 e. The summed E-state index contributed by atoms with van der Waals surface area (Å²) in [6.07, 6.45) is 7.85. The lowest BCUT2D eigenvalue weighted by Crippen LogP contribution is -2.66. The Bertz CT molecular complexity index is 714. The average molecular weight is 528 g/mol. The maximum Gasteiger partial charge on any atom is 0.253 e. The number of hydrogen-bond donors (Lipinski definition) is 2. The van der Waals surface area contributed by atoms with Crippen molar-refractivity contribution in [2.45, 2.75) is 64.1 Å². The third-order valence-corrected chi connectivity index (χ3v) is 6.54.